The third-order valence-electron chi connectivity index (χ3n) is 4.93. The summed E-state index contributed by atoms with van der Waals surface area (Å²) in [5.74, 6) is 1.15. The van der Waals surface area contributed by atoms with Gasteiger partial charge in [0.05, 0.1) is 11.1 Å². The minimum absolute atomic E-state index is 0.0202. The van der Waals surface area contributed by atoms with Gasteiger partial charge < -0.3 is 15.0 Å². The molecule has 2 aromatic rings. The molecule has 2 amide bonds. The van der Waals surface area contributed by atoms with Crippen molar-refractivity contribution in [3.63, 3.8) is 0 Å². The first-order valence-corrected chi connectivity index (χ1v) is 10.4. The number of nitrogens with zero attached hydrogens (tertiary/aromatic N) is 1. The number of carbonyl (C=O) groups excluding carboxylic acids is 2. The van der Waals surface area contributed by atoms with Crippen LogP contribution in [0.25, 0.3) is 0 Å². The molecule has 148 valence electrons. The van der Waals surface area contributed by atoms with Crippen LogP contribution in [0.5, 0.6) is 5.75 Å². The summed E-state index contributed by atoms with van der Waals surface area (Å²) in [6.45, 7) is 6.26. The highest BCUT2D eigenvalue weighted by Crippen LogP contribution is 2.26. The molecule has 1 aliphatic heterocycles. The summed E-state index contributed by atoms with van der Waals surface area (Å²) in [7, 11) is 0. The predicted molar refractivity (Wildman–Crippen MR) is 114 cm³/mol. The molecule has 0 saturated carbocycles. The smallest absolute Gasteiger partial charge is 0.255 e. The Hall–Kier alpha value is -2.34. The number of benzene rings is 2. The number of carbonyl (C=O) groups is 2. The molecular weight excluding hydrogens is 420 g/mol. The van der Waals surface area contributed by atoms with Crippen LogP contribution >= 0.6 is 15.9 Å². The van der Waals surface area contributed by atoms with Gasteiger partial charge in [-0.1, -0.05) is 13.0 Å². The summed E-state index contributed by atoms with van der Waals surface area (Å²) in [6.07, 6.45) is 2.07. The van der Waals surface area contributed by atoms with E-state index in [9.17, 15) is 9.59 Å². The van der Waals surface area contributed by atoms with E-state index in [2.05, 4.69) is 28.2 Å². The molecule has 2 aromatic carbocycles. The molecule has 0 atom stereocenters. The SMILES string of the molecule is CCOc1ccc(C(=O)Nc2cccc(C(=O)N3CCC(C)CC3)c2)cc1Br. The molecule has 0 aromatic heterocycles. The predicted octanol–water partition coefficient (Wildman–Crippen LogP) is 4.97. The maximum Gasteiger partial charge on any atom is 0.255 e. The summed E-state index contributed by atoms with van der Waals surface area (Å²) in [5, 5.41) is 2.87. The van der Waals surface area contributed by atoms with Crippen LogP contribution in [0, 0.1) is 5.92 Å². The molecule has 1 saturated heterocycles. The molecule has 0 radical (unpaired) electrons. The average molecular weight is 445 g/mol. The van der Waals surface area contributed by atoms with Crippen LogP contribution in [0.2, 0.25) is 0 Å². The number of likely N-dealkylation sites (tertiary alicyclic amines) is 1. The molecule has 1 fully saturated rings. The molecule has 6 heteroatoms. The van der Waals surface area contributed by atoms with Crippen molar-refractivity contribution < 1.29 is 14.3 Å². The molecule has 1 N–H and O–H groups in total. The van der Waals surface area contributed by atoms with Gasteiger partial charge in [0.2, 0.25) is 0 Å². The van der Waals surface area contributed by atoms with Gasteiger partial charge >= 0.3 is 0 Å². The third-order valence-corrected chi connectivity index (χ3v) is 5.55. The number of ether oxygens (including phenoxy) is 1. The van der Waals surface area contributed by atoms with Crippen LogP contribution in [0.15, 0.2) is 46.9 Å². The first-order valence-electron chi connectivity index (χ1n) is 9.61. The van der Waals surface area contributed by atoms with Crippen LogP contribution in [0.3, 0.4) is 0 Å². The van der Waals surface area contributed by atoms with Crippen LogP contribution in [0.1, 0.15) is 47.4 Å². The number of amides is 2. The Morgan fingerprint density at radius 2 is 1.89 bits per heavy atom. The summed E-state index contributed by atoms with van der Waals surface area (Å²) < 4.78 is 6.20. The largest absolute Gasteiger partial charge is 0.493 e. The summed E-state index contributed by atoms with van der Waals surface area (Å²) in [5.41, 5.74) is 1.71. The Bertz CT molecular complexity index is 861. The van der Waals surface area contributed by atoms with Gasteiger partial charge in [0, 0.05) is 29.9 Å². The van der Waals surface area contributed by atoms with Gasteiger partial charge in [0.1, 0.15) is 5.75 Å². The summed E-state index contributed by atoms with van der Waals surface area (Å²) in [4.78, 5) is 27.2. The third kappa shape index (κ3) is 4.93. The Morgan fingerprint density at radius 1 is 1.14 bits per heavy atom. The fourth-order valence-corrected chi connectivity index (χ4v) is 3.74. The number of piperidine rings is 1. The molecule has 28 heavy (non-hydrogen) atoms. The van der Waals surface area contributed by atoms with E-state index in [-0.39, 0.29) is 11.8 Å². The standard InChI is InChI=1S/C22H25BrN2O3/c1-3-28-20-8-7-16(14-19(20)23)21(26)24-18-6-4-5-17(13-18)22(27)25-11-9-15(2)10-12-25/h4-8,13-15H,3,9-12H2,1-2H3,(H,24,26). The lowest BCUT2D eigenvalue weighted by Gasteiger charge is -2.30. The van der Waals surface area contributed by atoms with Crippen molar-refractivity contribution >= 4 is 33.4 Å². The summed E-state index contributed by atoms with van der Waals surface area (Å²) >= 11 is 3.43. The van der Waals surface area contributed by atoms with E-state index in [1.807, 2.05) is 11.8 Å². The normalized spacial score (nSPS) is 14.6. The lowest BCUT2D eigenvalue weighted by Crippen LogP contribution is -2.37. The Labute approximate surface area is 174 Å². The molecule has 1 heterocycles. The average Bonchev–Trinajstić information content (AvgIpc) is 2.70. The highest BCUT2D eigenvalue weighted by Gasteiger charge is 2.21. The van der Waals surface area contributed by atoms with E-state index in [1.165, 1.54) is 0 Å². The minimum atomic E-state index is -0.236. The monoisotopic (exact) mass is 444 g/mol. The van der Waals surface area contributed by atoms with Gasteiger partial charge in [-0.05, 0) is 78.0 Å². The van der Waals surface area contributed by atoms with E-state index >= 15 is 0 Å². The number of rotatable bonds is 5. The number of hydrogen-bond acceptors (Lipinski definition) is 3. The zero-order chi connectivity index (χ0) is 20.1. The Kier molecular flexibility index (Phi) is 6.73. The second-order valence-electron chi connectivity index (χ2n) is 7.09. The van der Waals surface area contributed by atoms with Crippen LogP contribution in [0.4, 0.5) is 5.69 Å². The van der Waals surface area contributed by atoms with Gasteiger partial charge in [0.15, 0.2) is 0 Å². The van der Waals surface area contributed by atoms with Crippen molar-refractivity contribution in [2.45, 2.75) is 26.7 Å². The van der Waals surface area contributed by atoms with Crippen LogP contribution in [-0.4, -0.2) is 36.4 Å². The van der Waals surface area contributed by atoms with Gasteiger partial charge in [-0.3, -0.25) is 9.59 Å². The lowest BCUT2D eigenvalue weighted by molar-refractivity contribution is 0.0697. The van der Waals surface area contributed by atoms with Crippen molar-refractivity contribution in [1.82, 2.24) is 4.90 Å². The molecule has 1 aliphatic rings. The van der Waals surface area contributed by atoms with Gasteiger partial charge in [0.25, 0.3) is 11.8 Å². The summed E-state index contributed by atoms with van der Waals surface area (Å²) in [6, 6.07) is 12.3. The van der Waals surface area contributed by atoms with E-state index in [0.29, 0.717) is 35.1 Å². The molecular formula is C22H25BrN2O3. The lowest BCUT2D eigenvalue weighted by atomic mass is 9.98. The minimum Gasteiger partial charge on any atom is -0.493 e. The van der Waals surface area contributed by atoms with Gasteiger partial charge in [-0.15, -0.1) is 0 Å². The topological polar surface area (TPSA) is 58.6 Å². The van der Waals surface area contributed by atoms with E-state index < -0.39 is 0 Å². The first-order chi connectivity index (χ1) is 13.5. The van der Waals surface area contributed by atoms with E-state index in [1.54, 1.807) is 42.5 Å². The zero-order valence-electron chi connectivity index (χ0n) is 16.2. The zero-order valence-corrected chi connectivity index (χ0v) is 17.8. The van der Waals surface area contributed by atoms with E-state index in [4.69, 9.17) is 4.74 Å². The van der Waals surface area contributed by atoms with Crippen LogP contribution < -0.4 is 10.1 Å². The Morgan fingerprint density at radius 3 is 2.57 bits per heavy atom. The van der Waals surface area contributed by atoms with Crippen molar-refractivity contribution in [1.29, 1.82) is 0 Å². The fraction of sp³-hybridized carbons (Fsp3) is 0.364. The molecule has 0 aliphatic carbocycles. The number of halogens is 1. The molecule has 3 rings (SSSR count). The molecule has 0 spiro atoms. The second-order valence-corrected chi connectivity index (χ2v) is 7.94. The van der Waals surface area contributed by atoms with Crippen molar-refractivity contribution in [2.75, 3.05) is 25.0 Å². The van der Waals surface area contributed by atoms with E-state index in [0.717, 1.165) is 30.4 Å². The molecule has 0 bridgehead atoms. The second kappa shape index (κ2) is 9.24. The number of hydrogen-bond donors (Lipinski definition) is 1. The van der Waals surface area contributed by atoms with Gasteiger partial charge in [-0.2, -0.15) is 0 Å². The molecule has 5 nitrogen and oxygen atoms in total. The maximum absolute atomic E-state index is 12.8. The number of anilines is 1. The fourth-order valence-electron chi connectivity index (χ4n) is 3.24. The highest BCUT2D eigenvalue weighted by atomic mass is 79.9. The van der Waals surface area contributed by atoms with Gasteiger partial charge in [-0.25, -0.2) is 0 Å². The first kappa shape index (κ1) is 20.4. The van der Waals surface area contributed by atoms with Crippen LogP contribution in [-0.2, 0) is 0 Å². The molecule has 0 unspecified atom stereocenters. The highest BCUT2D eigenvalue weighted by molar-refractivity contribution is 9.10. The maximum atomic E-state index is 12.8. The van der Waals surface area contributed by atoms with Crippen molar-refractivity contribution in [2.24, 2.45) is 5.92 Å². The number of nitrogens with one attached hydrogen (secondary N) is 1. The van der Waals surface area contributed by atoms with Crippen molar-refractivity contribution in [3.05, 3.63) is 58.1 Å². The van der Waals surface area contributed by atoms with Crippen molar-refractivity contribution in [3.8, 4) is 5.75 Å². The Balaban J connectivity index is 1.69. The quantitative estimate of drug-likeness (QED) is 0.707.